The summed E-state index contributed by atoms with van der Waals surface area (Å²) in [7, 11) is -3.96. The Morgan fingerprint density at radius 2 is 2.05 bits per heavy atom. The Morgan fingerprint density at radius 3 is 2.62 bits per heavy atom. The van der Waals surface area contributed by atoms with Crippen LogP contribution in [-0.2, 0) is 14.8 Å². The van der Waals surface area contributed by atoms with E-state index in [2.05, 4.69) is 10.2 Å². The number of anilines is 2. The maximum atomic E-state index is 12.6. The van der Waals surface area contributed by atoms with Crippen LogP contribution in [-0.4, -0.2) is 36.2 Å². The summed E-state index contributed by atoms with van der Waals surface area (Å²) in [5.74, 6) is -1.10. The van der Waals surface area contributed by atoms with Gasteiger partial charge in [0.2, 0.25) is 0 Å². The van der Waals surface area contributed by atoms with Crippen molar-refractivity contribution in [2.24, 2.45) is 0 Å². The van der Waals surface area contributed by atoms with Crippen molar-refractivity contribution in [3.63, 3.8) is 0 Å². The SMILES string of the molecule is Nc1ccccc1N(CCC(=O)O)S(=O)(=O)c1ccn[nH]1. The second kappa shape index (κ2) is 5.83. The number of aromatic amines is 1. The second-order valence-corrected chi connectivity index (χ2v) is 6.03. The van der Waals surface area contributed by atoms with Gasteiger partial charge in [0, 0.05) is 6.54 Å². The van der Waals surface area contributed by atoms with Gasteiger partial charge in [0.15, 0.2) is 5.03 Å². The number of carboxylic acid groups (broad SMARTS) is 1. The highest BCUT2D eigenvalue weighted by atomic mass is 32.2. The third-order valence-corrected chi connectivity index (χ3v) is 4.52. The fourth-order valence-electron chi connectivity index (χ4n) is 1.79. The van der Waals surface area contributed by atoms with Gasteiger partial charge in [-0.25, -0.2) is 0 Å². The number of H-pyrrole nitrogens is 1. The molecular formula is C12H14N4O4S. The van der Waals surface area contributed by atoms with E-state index in [9.17, 15) is 13.2 Å². The number of hydrogen-bond donors (Lipinski definition) is 3. The number of hydrogen-bond acceptors (Lipinski definition) is 5. The summed E-state index contributed by atoms with van der Waals surface area (Å²) in [6.45, 7) is -0.231. The van der Waals surface area contributed by atoms with Gasteiger partial charge in [0.1, 0.15) is 0 Å². The molecule has 0 aliphatic carbocycles. The zero-order chi connectivity index (χ0) is 15.5. The summed E-state index contributed by atoms with van der Waals surface area (Å²) < 4.78 is 26.1. The third kappa shape index (κ3) is 3.14. The lowest BCUT2D eigenvalue weighted by Crippen LogP contribution is -2.34. The molecule has 1 heterocycles. The van der Waals surface area contributed by atoms with Gasteiger partial charge in [-0.05, 0) is 18.2 Å². The van der Waals surface area contributed by atoms with Crippen LogP contribution in [0, 0.1) is 0 Å². The molecule has 0 atom stereocenters. The zero-order valence-corrected chi connectivity index (χ0v) is 11.7. The van der Waals surface area contributed by atoms with Crippen molar-refractivity contribution in [1.82, 2.24) is 10.2 Å². The Labute approximate surface area is 121 Å². The molecule has 0 saturated carbocycles. The first-order valence-corrected chi connectivity index (χ1v) is 7.45. The zero-order valence-electron chi connectivity index (χ0n) is 10.9. The van der Waals surface area contributed by atoms with E-state index < -0.39 is 16.0 Å². The van der Waals surface area contributed by atoms with E-state index in [-0.39, 0.29) is 29.4 Å². The van der Waals surface area contributed by atoms with Gasteiger partial charge in [-0.2, -0.15) is 13.5 Å². The molecule has 0 aliphatic rings. The molecule has 1 aromatic heterocycles. The molecule has 8 nitrogen and oxygen atoms in total. The van der Waals surface area contributed by atoms with Crippen LogP contribution in [0.25, 0.3) is 0 Å². The van der Waals surface area contributed by atoms with Crippen LogP contribution in [0.5, 0.6) is 0 Å². The van der Waals surface area contributed by atoms with Crippen LogP contribution < -0.4 is 10.0 Å². The Balaban J connectivity index is 2.47. The molecule has 0 aliphatic heterocycles. The molecule has 0 fully saturated rings. The van der Waals surface area contributed by atoms with Crippen molar-refractivity contribution in [3.8, 4) is 0 Å². The van der Waals surface area contributed by atoms with Crippen molar-refractivity contribution < 1.29 is 18.3 Å². The molecule has 0 radical (unpaired) electrons. The van der Waals surface area contributed by atoms with E-state index in [0.29, 0.717) is 0 Å². The van der Waals surface area contributed by atoms with Crippen LogP contribution in [0.3, 0.4) is 0 Å². The third-order valence-electron chi connectivity index (χ3n) is 2.78. The van der Waals surface area contributed by atoms with Gasteiger partial charge in [-0.1, -0.05) is 12.1 Å². The number of nitrogens with zero attached hydrogens (tertiary/aromatic N) is 2. The van der Waals surface area contributed by atoms with E-state index in [4.69, 9.17) is 10.8 Å². The summed E-state index contributed by atoms with van der Waals surface area (Å²) in [6.07, 6.45) is 0.957. The lowest BCUT2D eigenvalue weighted by atomic mass is 10.2. The lowest BCUT2D eigenvalue weighted by Gasteiger charge is -2.24. The van der Waals surface area contributed by atoms with E-state index in [1.807, 2.05) is 0 Å². The fraction of sp³-hybridized carbons (Fsp3) is 0.167. The van der Waals surface area contributed by atoms with Gasteiger partial charge in [-0.3, -0.25) is 14.2 Å². The van der Waals surface area contributed by atoms with Gasteiger partial charge in [-0.15, -0.1) is 0 Å². The number of para-hydroxylation sites is 2. The van der Waals surface area contributed by atoms with Crippen LogP contribution in [0.15, 0.2) is 41.6 Å². The molecule has 2 aromatic rings. The van der Waals surface area contributed by atoms with E-state index in [1.54, 1.807) is 18.2 Å². The number of sulfonamides is 1. The van der Waals surface area contributed by atoms with E-state index in [0.717, 1.165) is 4.31 Å². The molecule has 21 heavy (non-hydrogen) atoms. The number of aromatic nitrogens is 2. The molecule has 0 saturated heterocycles. The average molecular weight is 310 g/mol. The summed E-state index contributed by atoms with van der Waals surface area (Å²) in [4.78, 5) is 10.8. The number of nitrogen functional groups attached to an aromatic ring is 1. The van der Waals surface area contributed by atoms with Gasteiger partial charge < -0.3 is 10.8 Å². The Hall–Kier alpha value is -2.55. The minimum Gasteiger partial charge on any atom is -0.481 e. The van der Waals surface area contributed by atoms with Gasteiger partial charge in [0.25, 0.3) is 10.0 Å². The molecule has 2 rings (SSSR count). The van der Waals surface area contributed by atoms with Crippen molar-refractivity contribution in [3.05, 3.63) is 36.5 Å². The number of benzene rings is 1. The highest BCUT2D eigenvalue weighted by molar-refractivity contribution is 7.92. The molecule has 4 N–H and O–H groups in total. The minimum absolute atomic E-state index is 0.129. The highest BCUT2D eigenvalue weighted by Crippen LogP contribution is 2.28. The fourth-order valence-corrected chi connectivity index (χ4v) is 3.18. The largest absolute Gasteiger partial charge is 0.481 e. The monoisotopic (exact) mass is 310 g/mol. The first-order valence-electron chi connectivity index (χ1n) is 6.01. The summed E-state index contributed by atoms with van der Waals surface area (Å²) in [6, 6.07) is 7.65. The number of aliphatic carboxylic acids is 1. The molecule has 0 amide bonds. The molecule has 1 aromatic carbocycles. The molecular weight excluding hydrogens is 296 g/mol. The Bertz CT molecular complexity index is 727. The van der Waals surface area contributed by atoms with Crippen molar-refractivity contribution in [2.75, 3.05) is 16.6 Å². The van der Waals surface area contributed by atoms with Gasteiger partial charge >= 0.3 is 5.97 Å². The number of rotatable bonds is 6. The lowest BCUT2D eigenvalue weighted by molar-refractivity contribution is -0.136. The van der Waals surface area contributed by atoms with Crippen LogP contribution in [0.2, 0.25) is 0 Å². The topological polar surface area (TPSA) is 129 Å². The normalized spacial score (nSPS) is 11.2. The second-order valence-electron chi connectivity index (χ2n) is 4.20. The first-order chi connectivity index (χ1) is 9.93. The number of carboxylic acids is 1. The van der Waals surface area contributed by atoms with Crippen LogP contribution in [0.1, 0.15) is 6.42 Å². The number of carbonyl (C=O) groups is 1. The van der Waals surface area contributed by atoms with E-state index in [1.165, 1.54) is 18.3 Å². The Kier molecular flexibility index (Phi) is 4.13. The standard InChI is InChI=1S/C12H14N4O4S/c13-9-3-1-2-4-10(9)16(8-6-12(17)18)21(19,20)11-5-7-14-15-11/h1-5,7H,6,8,13H2,(H,14,15)(H,17,18). The smallest absolute Gasteiger partial charge is 0.305 e. The van der Waals surface area contributed by atoms with E-state index >= 15 is 0 Å². The summed E-state index contributed by atoms with van der Waals surface area (Å²) >= 11 is 0. The number of nitrogens with one attached hydrogen (secondary N) is 1. The minimum atomic E-state index is -3.96. The predicted molar refractivity (Wildman–Crippen MR) is 76.2 cm³/mol. The van der Waals surface area contributed by atoms with Gasteiger partial charge in [0.05, 0.1) is 24.0 Å². The predicted octanol–water partition coefficient (Wildman–Crippen LogP) is 0.662. The molecule has 112 valence electrons. The molecule has 0 unspecified atom stereocenters. The Morgan fingerprint density at radius 1 is 1.33 bits per heavy atom. The number of nitrogens with two attached hydrogens (primary N) is 1. The highest BCUT2D eigenvalue weighted by Gasteiger charge is 2.27. The first kappa shape index (κ1) is 14.9. The maximum Gasteiger partial charge on any atom is 0.305 e. The van der Waals surface area contributed by atoms with Crippen molar-refractivity contribution in [1.29, 1.82) is 0 Å². The quantitative estimate of drug-likeness (QED) is 0.672. The van der Waals surface area contributed by atoms with Crippen LogP contribution in [0.4, 0.5) is 11.4 Å². The van der Waals surface area contributed by atoms with Crippen molar-refractivity contribution >= 4 is 27.4 Å². The molecule has 9 heteroatoms. The van der Waals surface area contributed by atoms with Crippen molar-refractivity contribution in [2.45, 2.75) is 11.4 Å². The molecule has 0 bridgehead atoms. The molecule has 0 spiro atoms. The average Bonchev–Trinajstić information content (AvgIpc) is 2.95. The maximum absolute atomic E-state index is 12.6. The van der Waals surface area contributed by atoms with Crippen LogP contribution >= 0.6 is 0 Å². The summed E-state index contributed by atoms with van der Waals surface area (Å²) in [5, 5.41) is 14.6. The summed E-state index contributed by atoms with van der Waals surface area (Å²) in [5.41, 5.74) is 6.27.